The van der Waals surface area contributed by atoms with E-state index >= 15 is 0 Å². The maximum Gasteiger partial charge on any atom is 0.212 e. The smallest absolute Gasteiger partial charge is 0.212 e. The summed E-state index contributed by atoms with van der Waals surface area (Å²) in [6, 6.07) is 11.2. The van der Waals surface area contributed by atoms with Crippen molar-refractivity contribution in [1.29, 1.82) is 0 Å². The van der Waals surface area contributed by atoms with Gasteiger partial charge in [0.15, 0.2) is 6.20 Å². The van der Waals surface area contributed by atoms with Crippen LogP contribution in [0.25, 0.3) is 22.4 Å². The van der Waals surface area contributed by atoms with Crippen molar-refractivity contribution in [3.63, 3.8) is 0 Å². The molecule has 0 fully saturated rings. The minimum atomic E-state index is -2.80. The Morgan fingerprint density at radius 3 is 2.67 bits per heavy atom. The SMILES string of the molecule is [2H]C([2H])([2H])C1(C([2H])([2H])[2H])c2cc(C)c(-c3cc(C)cc[n+]3C)cc2-c2cccnc21. The molecule has 3 aromatic rings. The average molecular weight is 321 g/mol. The van der Waals surface area contributed by atoms with Gasteiger partial charge in [0.1, 0.15) is 7.05 Å². The van der Waals surface area contributed by atoms with E-state index in [0.29, 0.717) is 16.7 Å². The second kappa shape index (κ2) is 5.01. The Bertz CT molecular complexity index is 1150. The van der Waals surface area contributed by atoms with Gasteiger partial charge in [-0.2, -0.15) is 0 Å². The molecule has 0 amide bonds. The molecule has 0 aliphatic heterocycles. The van der Waals surface area contributed by atoms with Gasteiger partial charge < -0.3 is 0 Å². The number of benzene rings is 1. The van der Waals surface area contributed by atoms with E-state index < -0.39 is 19.1 Å². The van der Waals surface area contributed by atoms with Gasteiger partial charge in [0.25, 0.3) is 0 Å². The summed E-state index contributed by atoms with van der Waals surface area (Å²) in [6.45, 7) is -1.69. The van der Waals surface area contributed by atoms with Crippen LogP contribution in [0.3, 0.4) is 0 Å². The van der Waals surface area contributed by atoms with Gasteiger partial charge in [-0.05, 0) is 48.2 Å². The summed E-state index contributed by atoms with van der Waals surface area (Å²) < 4.78 is 51.6. The van der Waals surface area contributed by atoms with E-state index in [0.717, 1.165) is 22.4 Å². The Hall–Kier alpha value is -2.48. The van der Waals surface area contributed by atoms with Crippen molar-refractivity contribution in [2.24, 2.45) is 7.05 Å². The van der Waals surface area contributed by atoms with Crippen LogP contribution in [0.2, 0.25) is 0 Å². The molecule has 120 valence electrons. The van der Waals surface area contributed by atoms with Crippen LogP contribution in [0.15, 0.2) is 48.8 Å². The highest BCUT2D eigenvalue weighted by Crippen LogP contribution is 2.49. The topological polar surface area (TPSA) is 16.8 Å². The van der Waals surface area contributed by atoms with Crippen molar-refractivity contribution in [2.45, 2.75) is 33.0 Å². The summed E-state index contributed by atoms with van der Waals surface area (Å²) in [5.41, 5.74) is 3.25. The van der Waals surface area contributed by atoms with Gasteiger partial charge in [0.05, 0.1) is 5.69 Å². The van der Waals surface area contributed by atoms with Crippen molar-refractivity contribution in [2.75, 3.05) is 0 Å². The van der Waals surface area contributed by atoms with Gasteiger partial charge in [0.2, 0.25) is 5.69 Å². The lowest BCUT2D eigenvalue weighted by molar-refractivity contribution is -0.660. The first kappa shape index (κ1) is 9.73. The zero-order chi connectivity index (χ0) is 22.1. The third kappa shape index (κ3) is 2.02. The number of hydrogen-bond acceptors (Lipinski definition) is 1. The third-order valence-electron chi connectivity index (χ3n) is 4.80. The Labute approximate surface area is 152 Å². The molecule has 0 spiro atoms. The lowest BCUT2D eigenvalue weighted by atomic mass is 9.83. The lowest BCUT2D eigenvalue weighted by Gasteiger charge is -2.21. The van der Waals surface area contributed by atoms with E-state index in [9.17, 15) is 0 Å². The Balaban J connectivity index is 2.13. The van der Waals surface area contributed by atoms with E-state index in [1.54, 1.807) is 18.2 Å². The summed E-state index contributed by atoms with van der Waals surface area (Å²) in [5.74, 6) is 0. The zero-order valence-electron chi connectivity index (χ0n) is 20.0. The van der Waals surface area contributed by atoms with Crippen LogP contribution >= 0.6 is 0 Å². The van der Waals surface area contributed by atoms with E-state index in [2.05, 4.69) is 11.1 Å². The van der Waals surface area contributed by atoms with Gasteiger partial charge in [-0.1, -0.05) is 25.8 Å². The summed E-state index contributed by atoms with van der Waals surface area (Å²) in [7, 11) is 1.95. The van der Waals surface area contributed by atoms with Crippen LogP contribution in [-0.4, -0.2) is 4.98 Å². The molecule has 2 heteroatoms. The molecule has 4 rings (SSSR count). The van der Waals surface area contributed by atoms with Crippen LogP contribution in [0.4, 0.5) is 0 Å². The molecule has 2 heterocycles. The van der Waals surface area contributed by atoms with Gasteiger partial charge >= 0.3 is 0 Å². The van der Waals surface area contributed by atoms with Crippen LogP contribution in [0.1, 0.15) is 44.3 Å². The average Bonchev–Trinajstić information content (AvgIpc) is 2.93. The van der Waals surface area contributed by atoms with Gasteiger partial charge in [-0.25, -0.2) is 4.57 Å². The van der Waals surface area contributed by atoms with E-state index in [4.69, 9.17) is 8.22 Å². The molecule has 0 N–H and O–H groups in total. The fourth-order valence-corrected chi connectivity index (χ4v) is 3.51. The molecule has 2 nitrogen and oxygen atoms in total. The number of fused-ring (bicyclic) bond motifs is 3. The van der Waals surface area contributed by atoms with E-state index in [-0.39, 0.29) is 5.69 Å². The highest BCUT2D eigenvalue weighted by atomic mass is 14.9. The molecule has 24 heavy (non-hydrogen) atoms. The molecule has 0 unspecified atom stereocenters. The quantitative estimate of drug-likeness (QED) is 0.603. The van der Waals surface area contributed by atoms with Crippen LogP contribution < -0.4 is 4.57 Å². The molecule has 0 saturated heterocycles. The monoisotopic (exact) mass is 321 g/mol. The zero-order valence-corrected chi connectivity index (χ0v) is 14.0. The van der Waals surface area contributed by atoms with E-state index in [1.165, 1.54) is 6.20 Å². The Morgan fingerprint density at radius 2 is 1.88 bits per heavy atom. The Morgan fingerprint density at radius 1 is 1.04 bits per heavy atom. The van der Waals surface area contributed by atoms with Crippen LogP contribution in [0.5, 0.6) is 0 Å². The predicted octanol–water partition coefficient (Wildman–Crippen LogP) is 4.50. The van der Waals surface area contributed by atoms with Crippen LogP contribution in [-0.2, 0) is 12.5 Å². The van der Waals surface area contributed by atoms with Gasteiger partial charge in [-0.15, -0.1) is 0 Å². The minimum Gasteiger partial charge on any atom is -0.260 e. The molecule has 1 aliphatic carbocycles. The van der Waals surface area contributed by atoms with Crippen molar-refractivity contribution in [3.8, 4) is 22.4 Å². The molecule has 0 radical (unpaired) electrons. The summed E-state index contributed by atoms with van der Waals surface area (Å²) in [4.78, 5) is 4.30. The van der Waals surface area contributed by atoms with Crippen molar-refractivity contribution in [3.05, 3.63) is 71.2 Å². The molecular formula is C22H23N2+. The van der Waals surface area contributed by atoms with Crippen molar-refractivity contribution >= 4 is 0 Å². The molecule has 0 atom stereocenters. The minimum absolute atomic E-state index is 0.102. The molecule has 1 aromatic carbocycles. The number of pyridine rings is 2. The second-order valence-corrected chi connectivity index (χ2v) is 6.56. The second-order valence-electron chi connectivity index (χ2n) is 6.56. The number of rotatable bonds is 1. The molecule has 2 aromatic heterocycles. The summed E-state index contributed by atoms with van der Waals surface area (Å²) in [5, 5.41) is 0. The van der Waals surface area contributed by atoms with Crippen molar-refractivity contribution < 1.29 is 12.8 Å². The molecule has 1 aliphatic rings. The first-order chi connectivity index (χ1) is 13.9. The first-order valence-electron chi connectivity index (χ1n) is 11.0. The van der Waals surface area contributed by atoms with Gasteiger partial charge in [0, 0.05) is 43.1 Å². The standard InChI is InChI=1S/C22H23N2/c1-14-8-10-24(5)20(11-14)17-13-18-16-7-6-9-23-21(16)22(3,4)19(18)12-15(17)2/h6-13H,1-5H3/q+1/i3D3,4D3. The number of aryl methyl sites for hydroxylation is 3. The number of nitrogens with zero attached hydrogens (tertiary/aromatic N) is 2. The van der Waals surface area contributed by atoms with Crippen LogP contribution in [0, 0.1) is 13.8 Å². The number of hydrogen-bond donors (Lipinski definition) is 0. The third-order valence-corrected chi connectivity index (χ3v) is 4.80. The summed E-state index contributed by atoms with van der Waals surface area (Å²) in [6.07, 6.45) is 3.44. The largest absolute Gasteiger partial charge is 0.260 e. The predicted molar refractivity (Wildman–Crippen MR) is 97.9 cm³/mol. The number of aromatic nitrogens is 2. The fraction of sp³-hybridized carbons (Fsp3) is 0.273. The molecule has 0 saturated carbocycles. The normalized spacial score (nSPS) is 19.1. The van der Waals surface area contributed by atoms with Gasteiger partial charge in [-0.3, -0.25) is 4.98 Å². The highest BCUT2D eigenvalue weighted by Gasteiger charge is 2.37. The Kier molecular flexibility index (Phi) is 2.03. The summed E-state index contributed by atoms with van der Waals surface area (Å²) >= 11 is 0. The maximum absolute atomic E-state index is 8.27. The molecular weight excluding hydrogens is 292 g/mol. The highest BCUT2D eigenvalue weighted by molar-refractivity contribution is 5.83. The van der Waals surface area contributed by atoms with E-state index in [1.807, 2.05) is 43.8 Å². The molecule has 0 bridgehead atoms. The fourth-order valence-electron chi connectivity index (χ4n) is 3.51. The first-order valence-corrected chi connectivity index (χ1v) is 7.97. The lowest BCUT2D eigenvalue weighted by Crippen LogP contribution is -2.30. The van der Waals surface area contributed by atoms with Crippen molar-refractivity contribution in [1.82, 2.24) is 4.98 Å². The maximum atomic E-state index is 8.27.